The zero-order chi connectivity index (χ0) is 15.6. The van der Waals surface area contributed by atoms with Crippen LogP contribution >= 0.6 is 0 Å². The molecule has 0 saturated carbocycles. The second kappa shape index (κ2) is 5.79. The number of hydrogen-bond acceptors (Lipinski definition) is 3. The van der Waals surface area contributed by atoms with E-state index in [4.69, 9.17) is 4.74 Å². The number of para-hydroxylation sites is 1. The van der Waals surface area contributed by atoms with Gasteiger partial charge in [0.2, 0.25) is 0 Å². The van der Waals surface area contributed by atoms with Gasteiger partial charge in [-0.2, -0.15) is 13.2 Å². The van der Waals surface area contributed by atoms with E-state index >= 15 is 0 Å². The molecular weight excluding hydrogens is 284 g/mol. The first-order valence-electron chi connectivity index (χ1n) is 6.10. The molecule has 0 heterocycles. The molecule has 21 heavy (non-hydrogen) atoms. The van der Waals surface area contributed by atoms with Crippen molar-refractivity contribution in [2.45, 2.75) is 13.1 Å². The summed E-state index contributed by atoms with van der Waals surface area (Å²) >= 11 is 0. The molecule has 0 spiro atoms. The highest BCUT2D eigenvalue weighted by Crippen LogP contribution is 2.37. The number of rotatable bonds is 3. The minimum atomic E-state index is -4.66. The largest absolute Gasteiger partial charge is 0.492 e. The predicted molar refractivity (Wildman–Crippen MR) is 72.5 cm³/mol. The van der Waals surface area contributed by atoms with Crippen molar-refractivity contribution >= 4 is 12.6 Å². The van der Waals surface area contributed by atoms with Crippen molar-refractivity contribution in [3.8, 4) is 11.5 Å². The van der Waals surface area contributed by atoms with Crippen LogP contribution in [-0.4, -0.2) is 17.2 Å². The Labute approximate surface area is 119 Å². The smallest absolute Gasteiger partial charge is 0.457 e. The van der Waals surface area contributed by atoms with Gasteiger partial charge in [-0.25, -0.2) is 0 Å². The maximum atomic E-state index is 13.0. The standard InChI is InChI=1S/C14H12BF3O3/c1-9-5-7-10(8-6-9)21-13-11(14(16,17)18)3-2-4-12(13)15(19)20/h2-8,19-20H,1H3. The predicted octanol–water partition coefficient (Wildman–Crippen LogP) is 2.49. The first-order chi connectivity index (χ1) is 9.79. The first kappa shape index (κ1) is 15.4. The van der Waals surface area contributed by atoms with E-state index in [9.17, 15) is 23.2 Å². The van der Waals surface area contributed by atoms with E-state index in [-0.39, 0.29) is 11.2 Å². The normalized spacial score (nSPS) is 11.3. The molecule has 0 aromatic heterocycles. The molecule has 0 radical (unpaired) electrons. The van der Waals surface area contributed by atoms with Crippen LogP contribution in [0.1, 0.15) is 11.1 Å². The van der Waals surface area contributed by atoms with Crippen LogP contribution in [0.25, 0.3) is 0 Å². The number of ether oxygens (including phenoxy) is 1. The monoisotopic (exact) mass is 296 g/mol. The molecule has 0 aliphatic heterocycles. The molecule has 0 fully saturated rings. The van der Waals surface area contributed by atoms with Crippen molar-refractivity contribution < 1.29 is 28.0 Å². The third-order valence-corrected chi connectivity index (χ3v) is 2.87. The number of aryl methyl sites for hydroxylation is 1. The van der Waals surface area contributed by atoms with Crippen LogP contribution < -0.4 is 10.2 Å². The number of alkyl halides is 3. The van der Waals surface area contributed by atoms with Crippen molar-refractivity contribution in [3.05, 3.63) is 53.6 Å². The van der Waals surface area contributed by atoms with E-state index in [0.29, 0.717) is 0 Å². The van der Waals surface area contributed by atoms with Crippen molar-refractivity contribution in [3.63, 3.8) is 0 Å². The molecule has 0 aliphatic carbocycles. The summed E-state index contributed by atoms with van der Waals surface area (Å²) in [5, 5.41) is 18.5. The topological polar surface area (TPSA) is 49.7 Å². The Morgan fingerprint density at radius 1 is 1.00 bits per heavy atom. The minimum Gasteiger partial charge on any atom is -0.457 e. The van der Waals surface area contributed by atoms with Gasteiger partial charge in [-0.3, -0.25) is 0 Å². The summed E-state index contributed by atoms with van der Waals surface area (Å²) in [5.41, 5.74) is -0.479. The van der Waals surface area contributed by atoms with E-state index in [0.717, 1.165) is 17.7 Å². The summed E-state index contributed by atoms with van der Waals surface area (Å²) in [4.78, 5) is 0. The molecule has 0 aliphatic rings. The molecule has 0 amide bonds. The van der Waals surface area contributed by atoms with Gasteiger partial charge in [-0.05, 0) is 25.1 Å². The number of hydrogen-bond donors (Lipinski definition) is 2. The summed E-state index contributed by atoms with van der Waals surface area (Å²) in [6.07, 6.45) is -4.66. The van der Waals surface area contributed by atoms with Gasteiger partial charge in [-0.15, -0.1) is 0 Å². The number of benzene rings is 2. The highest BCUT2D eigenvalue weighted by Gasteiger charge is 2.37. The van der Waals surface area contributed by atoms with Gasteiger partial charge in [0.15, 0.2) is 0 Å². The molecule has 110 valence electrons. The minimum absolute atomic E-state index is 0.180. The SMILES string of the molecule is Cc1ccc(Oc2c(B(O)O)cccc2C(F)(F)F)cc1. The van der Waals surface area contributed by atoms with Gasteiger partial charge >= 0.3 is 13.3 Å². The van der Waals surface area contributed by atoms with Crippen molar-refractivity contribution in [1.82, 2.24) is 0 Å². The Morgan fingerprint density at radius 2 is 1.62 bits per heavy atom. The third-order valence-electron chi connectivity index (χ3n) is 2.87. The van der Waals surface area contributed by atoms with Crippen LogP contribution in [0.4, 0.5) is 13.2 Å². The average molecular weight is 296 g/mol. The lowest BCUT2D eigenvalue weighted by molar-refractivity contribution is -0.138. The summed E-state index contributed by atoms with van der Waals surface area (Å²) in [7, 11) is -2.06. The summed E-state index contributed by atoms with van der Waals surface area (Å²) < 4.78 is 44.3. The summed E-state index contributed by atoms with van der Waals surface area (Å²) in [6.45, 7) is 1.83. The van der Waals surface area contributed by atoms with Crippen molar-refractivity contribution in [2.24, 2.45) is 0 Å². The molecule has 3 nitrogen and oxygen atoms in total. The zero-order valence-electron chi connectivity index (χ0n) is 11.1. The fraction of sp³-hybridized carbons (Fsp3) is 0.143. The van der Waals surface area contributed by atoms with Crippen molar-refractivity contribution in [2.75, 3.05) is 0 Å². The van der Waals surface area contributed by atoms with Gasteiger partial charge in [-0.1, -0.05) is 29.8 Å². The molecule has 0 unspecified atom stereocenters. The van der Waals surface area contributed by atoms with Gasteiger partial charge in [0.1, 0.15) is 11.5 Å². The van der Waals surface area contributed by atoms with Crippen LogP contribution in [0.5, 0.6) is 11.5 Å². The highest BCUT2D eigenvalue weighted by molar-refractivity contribution is 6.59. The maximum Gasteiger partial charge on any atom is 0.492 e. The average Bonchev–Trinajstić information content (AvgIpc) is 2.40. The van der Waals surface area contributed by atoms with Gasteiger partial charge in [0.05, 0.1) is 5.56 Å². The zero-order valence-corrected chi connectivity index (χ0v) is 11.1. The molecule has 2 aromatic rings. The molecular formula is C14H12BF3O3. The van der Waals surface area contributed by atoms with Crippen LogP contribution in [0, 0.1) is 6.92 Å². The van der Waals surface area contributed by atoms with Crippen LogP contribution in [-0.2, 0) is 6.18 Å². The van der Waals surface area contributed by atoms with Crippen LogP contribution in [0.3, 0.4) is 0 Å². The Bertz CT molecular complexity index is 624. The van der Waals surface area contributed by atoms with E-state index in [1.807, 2.05) is 6.92 Å². The van der Waals surface area contributed by atoms with Gasteiger partial charge in [0, 0.05) is 5.46 Å². The summed E-state index contributed by atoms with van der Waals surface area (Å²) in [6, 6.07) is 9.48. The van der Waals surface area contributed by atoms with E-state index in [2.05, 4.69) is 0 Å². The summed E-state index contributed by atoms with van der Waals surface area (Å²) in [5.74, 6) is -0.428. The number of halogens is 3. The fourth-order valence-corrected chi connectivity index (χ4v) is 1.82. The lowest BCUT2D eigenvalue weighted by Gasteiger charge is -2.17. The molecule has 0 bridgehead atoms. The van der Waals surface area contributed by atoms with E-state index < -0.39 is 24.6 Å². The molecule has 2 aromatic carbocycles. The second-order valence-corrected chi connectivity index (χ2v) is 4.51. The van der Waals surface area contributed by atoms with Gasteiger partial charge in [0.25, 0.3) is 0 Å². The van der Waals surface area contributed by atoms with Crippen LogP contribution in [0.2, 0.25) is 0 Å². The molecule has 2 rings (SSSR count). The Kier molecular flexibility index (Phi) is 4.25. The Morgan fingerprint density at radius 3 is 2.14 bits per heavy atom. The fourth-order valence-electron chi connectivity index (χ4n) is 1.82. The lowest BCUT2D eigenvalue weighted by Crippen LogP contribution is -2.32. The second-order valence-electron chi connectivity index (χ2n) is 4.51. The van der Waals surface area contributed by atoms with Crippen LogP contribution in [0.15, 0.2) is 42.5 Å². The van der Waals surface area contributed by atoms with E-state index in [1.54, 1.807) is 12.1 Å². The molecule has 0 atom stereocenters. The van der Waals surface area contributed by atoms with E-state index in [1.165, 1.54) is 18.2 Å². The quantitative estimate of drug-likeness (QED) is 0.856. The Hall–Kier alpha value is -1.99. The molecule has 2 N–H and O–H groups in total. The van der Waals surface area contributed by atoms with Crippen molar-refractivity contribution in [1.29, 1.82) is 0 Å². The third kappa shape index (κ3) is 3.56. The molecule has 7 heteroatoms. The highest BCUT2D eigenvalue weighted by atomic mass is 19.4. The maximum absolute atomic E-state index is 13.0. The Balaban J connectivity index is 2.51. The van der Waals surface area contributed by atoms with Gasteiger partial charge < -0.3 is 14.8 Å². The first-order valence-corrected chi connectivity index (χ1v) is 6.10. The lowest BCUT2D eigenvalue weighted by atomic mass is 9.78. The molecule has 0 saturated heterocycles.